The molecule has 18 heavy (non-hydrogen) atoms. The van der Waals surface area contributed by atoms with E-state index >= 15 is 0 Å². The highest BCUT2D eigenvalue weighted by atomic mass is 16.4. The number of rotatable bonds is 3. The van der Waals surface area contributed by atoms with Crippen LogP contribution in [0.4, 0.5) is 5.69 Å². The molecule has 96 valence electrons. The molecule has 1 aromatic carbocycles. The van der Waals surface area contributed by atoms with E-state index in [1.807, 2.05) is 0 Å². The van der Waals surface area contributed by atoms with Gasteiger partial charge < -0.3 is 15.7 Å². The summed E-state index contributed by atoms with van der Waals surface area (Å²) in [7, 11) is 0. The second-order valence-electron chi connectivity index (χ2n) is 4.51. The number of benzene rings is 1. The van der Waals surface area contributed by atoms with E-state index < -0.39 is 5.97 Å². The van der Waals surface area contributed by atoms with Gasteiger partial charge >= 0.3 is 5.97 Å². The molecule has 1 saturated heterocycles. The summed E-state index contributed by atoms with van der Waals surface area (Å²) in [4.78, 5) is 22.7. The van der Waals surface area contributed by atoms with E-state index in [4.69, 9.17) is 5.11 Å². The third kappa shape index (κ3) is 2.68. The molecule has 1 unspecified atom stereocenters. The van der Waals surface area contributed by atoms with Gasteiger partial charge in [0.05, 0.1) is 11.5 Å². The molecule has 0 aromatic heterocycles. The third-order valence-electron chi connectivity index (χ3n) is 3.16. The Labute approximate surface area is 105 Å². The van der Waals surface area contributed by atoms with Gasteiger partial charge in [0, 0.05) is 12.2 Å². The number of anilines is 1. The second kappa shape index (κ2) is 5.18. The average Bonchev–Trinajstić information content (AvgIpc) is 2.85. The quantitative estimate of drug-likeness (QED) is 0.752. The van der Waals surface area contributed by atoms with Crippen LogP contribution in [-0.4, -0.2) is 30.1 Å². The van der Waals surface area contributed by atoms with Crippen LogP contribution in [0.15, 0.2) is 18.2 Å². The molecule has 1 amide bonds. The van der Waals surface area contributed by atoms with Gasteiger partial charge in [0.15, 0.2) is 0 Å². The third-order valence-corrected chi connectivity index (χ3v) is 3.16. The molecule has 0 spiro atoms. The van der Waals surface area contributed by atoms with Crippen molar-refractivity contribution < 1.29 is 14.7 Å². The van der Waals surface area contributed by atoms with Crippen molar-refractivity contribution in [1.29, 1.82) is 0 Å². The van der Waals surface area contributed by atoms with E-state index in [1.54, 1.807) is 19.1 Å². The van der Waals surface area contributed by atoms with E-state index in [-0.39, 0.29) is 17.4 Å². The lowest BCUT2D eigenvalue weighted by Gasteiger charge is -2.12. The topological polar surface area (TPSA) is 78.4 Å². The van der Waals surface area contributed by atoms with Gasteiger partial charge in [-0.2, -0.15) is 0 Å². The standard InChI is InChI=1S/C13H16N2O3/c1-8-6-9(13(17)18)2-3-11(8)15-12(16)10-4-5-14-7-10/h2-3,6,10,14H,4-5,7H2,1H3,(H,15,16)(H,17,18). The number of aryl methyl sites for hydroxylation is 1. The van der Waals surface area contributed by atoms with Crippen molar-refractivity contribution in [2.75, 3.05) is 18.4 Å². The number of hydrogen-bond donors (Lipinski definition) is 3. The number of hydrogen-bond acceptors (Lipinski definition) is 3. The first-order valence-electron chi connectivity index (χ1n) is 5.93. The molecule has 5 nitrogen and oxygen atoms in total. The zero-order chi connectivity index (χ0) is 13.1. The highest BCUT2D eigenvalue weighted by molar-refractivity contribution is 5.95. The largest absolute Gasteiger partial charge is 0.478 e. The predicted molar refractivity (Wildman–Crippen MR) is 67.7 cm³/mol. The maximum absolute atomic E-state index is 11.9. The van der Waals surface area contributed by atoms with E-state index in [0.29, 0.717) is 12.2 Å². The van der Waals surface area contributed by atoms with E-state index in [9.17, 15) is 9.59 Å². The molecule has 1 heterocycles. The van der Waals surface area contributed by atoms with Crippen LogP contribution in [0.3, 0.4) is 0 Å². The van der Waals surface area contributed by atoms with Crippen molar-refractivity contribution in [2.45, 2.75) is 13.3 Å². The van der Waals surface area contributed by atoms with Crippen LogP contribution in [0.25, 0.3) is 0 Å². The first-order valence-corrected chi connectivity index (χ1v) is 5.93. The van der Waals surface area contributed by atoms with Crippen molar-refractivity contribution in [3.05, 3.63) is 29.3 Å². The summed E-state index contributed by atoms with van der Waals surface area (Å²) in [5, 5.41) is 14.8. The Morgan fingerprint density at radius 1 is 1.44 bits per heavy atom. The SMILES string of the molecule is Cc1cc(C(=O)O)ccc1NC(=O)C1CCNC1. The summed E-state index contributed by atoms with van der Waals surface area (Å²) in [6, 6.07) is 4.70. The molecule has 2 rings (SSSR count). The molecule has 1 atom stereocenters. The number of carboxylic acids is 1. The van der Waals surface area contributed by atoms with E-state index in [0.717, 1.165) is 18.5 Å². The van der Waals surface area contributed by atoms with Crippen molar-refractivity contribution >= 4 is 17.6 Å². The fourth-order valence-corrected chi connectivity index (χ4v) is 2.05. The summed E-state index contributed by atoms with van der Waals surface area (Å²) in [6.07, 6.45) is 0.845. The minimum Gasteiger partial charge on any atom is -0.478 e. The fraction of sp³-hybridized carbons (Fsp3) is 0.385. The Kier molecular flexibility index (Phi) is 3.62. The Balaban J connectivity index is 2.09. The maximum Gasteiger partial charge on any atom is 0.335 e. The molecule has 3 N–H and O–H groups in total. The normalized spacial score (nSPS) is 18.6. The summed E-state index contributed by atoms with van der Waals surface area (Å²) in [6.45, 7) is 3.36. The summed E-state index contributed by atoms with van der Waals surface area (Å²) < 4.78 is 0. The first-order chi connectivity index (χ1) is 8.58. The molecule has 0 aliphatic carbocycles. The molecule has 1 aliphatic heterocycles. The number of nitrogens with one attached hydrogen (secondary N) is 2. The smallest absolute Gasteiger partial charge is 0.335 e. The Morgan fingerprint density at radius 3 is 2.78 bits per heavy atom. The molecule has 1 aromatic rings. The molecular weight excluding hydrogens is 232 g/mol. The highest BCUT2D eigenvalue weighted by Crippen LogP contribution is 2.18. The van der Waals surface area contributed by atoms with Gasteiger partial charge in [-0.25, -0.2) is 4.79 Å². The maximum atomic E-state index is 11.9. The van der Waals surface area contributed by atoms with Crippen LogP contribution in [0.1, 0.15) is 22.3 Å². The highest BCUT2D eigenvalue weighted by Gasteiger charge is 2.22. The molecule has 0 radical (unpaired) electrons. The van der Waals surface area contributed by atoms with Crippen LogP contribution in [0.2, 0.25) is 0 Å². The van der Waals surface area contributed by atoms with Gasteiger partial charge in [-0.05, 0) is 43.7 Å². The fourth-order valence-electron chi connectivity index (χ4n) is 2.05. The van der Waals surface area contributed by atoms with Crippen molar-refractivity contribution in [3.8, 4) is 0 Å². The van der Waals surface area contributed by atoms with Crippen molar-refractivity contribution in [1.82, 2.24) is 5.32 Å². The number of carbonyl (C=O) groups is 2. The minimum absolute atomic E-state index is 0.00329. The summed E-state index contributed by atoms with van der Waals surface area (Å²) in [5.41, 5.74) is 1.67. The van der Waals surface area contributed by atoms with Gasteiger partial charge in [-0.1, -0.05) is 0 Å². The molecule has 1 fully saturated rings. The van der Waals surface area contributed by atoms with Gasteiger partial charge in [0.1, 0.15) is 0 Å². The van der Waals surface area contributed by atoms with E-state index in [2.05, 4.69) is 10.6 Å². The van der Waals surface area contributed by atoms with Crippen molar-refractivity contribution in [2.24, 2.45) is 5.92 Å². The summed E-state index contributed by atoms with van der Waals surface area (Å²) >= 11 is 0. The Morgan fingerprint density at radius 2 is 2.22 bits per heavy atom. The molecule has 0 saturated carbocycles. The van der Waals surface area contributed by atoms with Gasteiger partial charge in [0.25, 0.3) is 0 Å². The van der Waals surface area contributed by atoms with Crippen LogP contribution >= 0.6 is 0 Å². The predicted octanol–water partition coefficient (Wildman–Crippen LogP) is 1.24. The van der Waals surface area contributed by atoms with Crippen LogP contribution in [0.5, 0.6) is 0 Å². The summed E-state index contributed by atoms with van der Waals surface area (Å²) in [5.74, 6) is -0.967. The zero-order valence-corrected chi connectivity index (χ0v) is 10.2. The Hall–Kier alpha value is -1.88. The lowest BCUT2D eigenvalue weighted by Crippen LogP contribution is -2.25. The molecular formula is C13H16N2O3. The average molecular weight is 248 g/mol. The van der Waals surface area contributed by atoms with Gasteiger partial charge in [0.2, 0.25) is 5.91 Å². The van der Waals surface area contributed by atoms with Crippen LogP contribution < -0.4 is 10.6 Å². The lowest BCUT2D eigenvalue weighted by atomic mass is 10.1. The first kappa shape index (κ1) is 12.6. The van der Waals surface area contributed by atoms with Gasteiger partial charge in [-0.3, -0.25) is 4.79 Å². The molecule has 1 aliphatic rings. The number of carbonyl (C=O) groups excluding carboxylic acids is 1. The monoisotopic (exact) mass is 248 g/mol. The van der Waals surface area contributed by atoms with Gasteiger partial charge in [-0.15, -0.1) is 0 Å². The molecule has 5 heteroatoms. The number of amides is 1. The minimum atomic E-state index is -0.962. The Bertz CT molecular complexity index is 479. The second-order valence-corrected chi connectivity index (χ2v) is 4.51. The van der Waals surface area contributed by atoms with Crippen molar-refractivity contribution in [3.63, 3.8) is 0 Å². The molecule has 0 bridgehead atoms. The van der Waals surface area contributed by atoms with Crippen LogP contribution in [0, 0.1) is 12.8 Å². The number of aromatic carboxylic acids is 1. The zero-order valence-electron chi connectivity index (χ0n) is 10.2. The lowest BCUT2D eigenvalue weighted by molar-refractivity contribution is -0.119. The number of carboxylic acid groups (broad SMARTS) is 1. The van der Waals surface area contributed by atoms with E-state index in [1.165, 1.54) is 6.07 Å². The van der Waals surface area contributed by atoms with Crippen LogP contribution in [-0.2, 0) is 4.79 Å².